The van der Waals surface area contributed by atoms with Crippen LogP contribution in [-0.2, 0) is 0 Å². The third-order valence-corrected chi connectivity index (χ3v) is 4.24. The van der Waals surface area contributed by atoms with E-state index >= 15 is 0 Å². The normalized spacial score (nSPS) is 23.5. The van der Waals surface area contributed by atoms with E-state index in [9.17, 15) is 0 Å². The van der Waals surface area contributed by atoms with E-state index in [1.807, 2.05) is 24.2 Å². The number of hydrogen-bond donors (Lipinski definition) is 1. The Morgan fingerprint density at radius 3 is 2.94 bits per heavy atom. The number of thioether (sulfide) groups is 1. The summed E-state index contributed by atoms with van der Waals surface area (Å²) in [6.07, 6.45) is 5.44. The largest absolute Gasteiger partial charge is 0.309 e. The van der Waals surface area contributed by atoms with Gasteiger partial charge in [0.05, 0.1) is 6.04 Å². The lowest BCUT2D eigenvalue weighted by molar-refractivity contribution is 0.216. The van der Waals surface area contributed by atoms with Crippen LogP contribution in [0.25, 0.3) is 0 Å². The minimum absolute atomic E-state index is 0.332. The molecule has 2 atom stereocenters. The maximum atomic E-state index is 4.13. The molecule has 1 saturated heterocycles. The van der Waals surface area contributed by atoms with Gasteiger partial charge in [0.2, 0.25) is 0 Å². The van der Waals surface area contributed by atoms with Crippen molar-refractivity contribution in [1.29, 1.82) is 0 Å². The number of hydrogen-bond acceptors (Lipinski definition) is 5. The number of likely N-dealkylation sites (N-methyl/N-ethyl adjacent to an activating group) is 2. The molecule has 2 rings (SSSR count). The third kappa shape index (κ3) is 3.18. The van der Waals surface area contributed by atoms with Crippen LogP contribution in [0.5, 0.6) is 0 Å². The predicted molar refractivity (Wildman–Crippen MR) is 72.2 cm³/mol. The van der Waals surface area contributed by atoms with E-state index in [0.717, 1.165) is 13.1 Å². The lowest BCUT2D eigenvalue weighted by Crippen LogP contribution is -2.47. The summed E-state index contributed by atoms with van der Waals surface area (Å²) >= 11 is 2.03. The van der Waals surface area contributed by atoms with Crippen molar-refractivity contribution >= 4 is 11.8 Å². The second kappa shape index (κ2) is 6.33. The molecule has 0 radical (unpaired) electrons. The van der Waals surface area contributed by atoms with E-state index in [2.05, 4.69) is 34.2 Å². The van der Waals surface area contributed by atoms with Crippen molar-refractivity contribution in [1.82, 2.24) is 20.2 Å². The van der Waals surface area contributed by atoms with E-state index in [1.54, 1.807) is 6.33 Å². The van der Waals surface area contributed by atoms with Crippen molar-refractivity contribution in [3.63, 3.8) is 0 Å². The highest BCUT2D eigenvalue weighted by molar-refractivity contribution is 7.99. The summed E-state index contributed by atoms with van der Waals surface area (Å²) in [4.78, 5) is 10.7. The van der Waals surface area contributed by atoms with Gasteiger partial charge in [-0.1, -0.05) is 6.92 Å². The quantitative estimate of drug-likeness (QED) is 0.871. The summed E-state index contributed by atoms with van der Waals surface area (Å²) in [6, 6.07) is 0.860. The topological polar surface area (TPSA) is 41.1 Å². The Bertz CT molecular complexity index is 333. The van der Waals surface area contributed by atoms with Gasteiger partial charge in [-0.3, -0.25) is 4.90 Å². The monoisotopic (exact) mass is 252 g/mol. The standard InChI is InChI=1S/C12H20N4S/c1-3-15-12(10-6-13-9-14-7-10)11-8-17-5-4-16(11)2/h6-7,9,11-12,15H,3-5,8H2,1-2H3. The summed E-state index contributed by atoms with van der Waals surface area (Å²) in [5.41, 5.74) is 1.19. The van der Waals surface area contributed by atoms with Gasteiger partial charge < -0.3 is 5.32 Å². The molecule has 0 aromatic carbocycles. The average molecular weight is 252 g/mol. The first-order chi connectivity index (χ1) is 8.33. The minimum Gasteiger partial charge on any atom is -0.309 e. The summed E-state index contributed by atoms with van der Waals surface area (Å²) in [7, 11) is 2.21. The van der Waals surface area contributed by atoms with Crippen LogP contribution in [0.3, 0.4) is 0 Å². The first kappa shape index (κ1) is 12.8. The van der Waals surface area contributed by atoms with E-state index in [4.69, 9.17) is 0 Å². The molecule has 1 aliphatic rings. The number of rotatable bonds is 4. The third-order valence-electron chi connectivity index (χ3n) is 3.19. The number of nitrogens with zero attached hydrogens (tertiary/aromatic N) is 3. The Labute approximate surface area is 107 Å². The van der Waals surface area contributed by atoms with Gasteiger partial charge in [0, 0.05) is 42.0 Å². The van der Waals surface area contributed by atoms with Crippen molar-refractivity contribution in [3.05, 3.63) is 24.3 Å². The molecule has 0 spiro atoms. The zero-order valence-electron chi connectivity index (χ0n) is 10.5. The van der Waals surface area contributed by atoms with Crippen molar-refractivity contribution in [3.8, 4) is 0 Å². The van der Waals surface area contributed by atoms with Gasteiger partial charge in [-0.05, 0) is 13.6 Å². The molecule has 1 aromatic rings. The van der Waals surface area contributed by atoms with Crippen molar-refractivity contribution in [2.45, 2.75) is 19.0 Å². The van der Waals surface area contributed by atoms with Gasteiger partial charge in [-0.2, -0.15) is 11.8 Å². The highest BCUT2D eigenvalue weighted by atomic mass is 32.2. The number of aromatic nitrogens is 2. The fraction of sp³-hybridized carbons (Fsp3) is 0.667. The molecule has 0 aliphatic carbocycles. The summed E-state index contributed by atoms with van der Waals surface area (Å²) in [6.45, 7) is 4.27. The molecule has 0 amide bonds. The van der Waals surface area contributed by atoms with Gasteiger partial charge in [0.25, 0.3) is 0 Å². The van der Waals surface area contributed by atoms with E-state index in [-0.39, 0.29) is 0 Å². The molecular formula is C12H20N4S. The van der Waals surface area contributed by atoms with Crippen LogP contribution in [-0.4, -0.2) is 52.6 Å². The molecule has 2 unspecified atom stereocenters. The Hall–Kier alpha value is -0.650. The molecule has 4 nitrogen and oxygen atoms in total. The SMILES string of the molecule is CCNC(c1cncnc1)C1CSCCN1C. The maximum absolute atomic E-state index is 4.13. The van der Waals surface area contributed by atoms with E-state index < -0.39 is 0 Å². The lowest BCUT2D eigenvalue weighted by Gasteiger charge is -2.38. The average Bonchev–Trinajstić information content (AvgIpc) is 2.38. The van der Waals surface area contributed by atoms with E-state index in [0.29, 0.717) is 12.1 Å². The zero-order valence-corrected chi connectivity index (χ0v) is 11.3. The van der Waals surface area contributed by atoms with Crippen LogP contribution in [0.15, 0.2) is 18.7 Å². The molecule has 0 bridgehead atoms. The molecule has 1 aliphatic heterocycles. The molecule has 94 valence electrons. The second-order valence-corrected chi connectivity index (χ2v) is 5.48. The van der Waals surface area contributed by atoms with Crippen molar-refractivity contribution in [2.24, 2.45) is 0 Å². The fourth-order valence-corrected chi connectivity index (χ4v) is 3.50. The molecule has 17 heavy (non-hydrogen) atoms. The predicted octanol–water partition coefficient (Wildman–Crippen LogP) is 1.17. The number of nitrogens with one attached hydrogen (secondary N) is 1. The van der Waals surface area contributed by atoms with Gasteiger partial charge in [0.15, 0.2) is 0 Å². The Morgan fingerprint density at radius 1 is 1.53 bits per heavy atom. The van der Waals surface area contributed by atoms with Gasteiger partial charge >= 0.3 is 0 Å². The summed E-state index contributed by atoms with van der Waals surface area (Å²) in [5.74, 6) is 2.40. The molecular weight excluding hydrogens is 232 g/mol. The Morgan fingerprint density at radius 2 is 2.29 bits per heavy atom. The minimum atomic E-state index is 0.332. The first-order valence-electron chi connectivity index (χ1n) is 6.09. The van der Waals surface area contributed by atoms with Crippen LogP contribution < -0.4 is 5.32 Å². The van der Waals surface area contributed by atoms with Crippen LogP contribution in [0.2, 0.25) is 0 Å². The summed E-state index contributed by atoms with van der Waals surface area (Å²) < 4.78 is 0. The fourth-order valence-electron chi connectivity index (χ4n) is 2.22. The highest BCUT2D eigenvalue weighted by Gasteiger charge is 2.28. The Kier molecular flexibility index (Phi) is 4.76. The van der Waals surface area contributed by atoms with Crippen LogP contribution in [0.1, 0.15) is 18.5 Å². The molecule has 1 fully saturated rings. The van der Waals surface area contributed by atoms with Crippen molar-refractivity contribution < 1.29 is 0 Å². The van der Waals surface area contributed by atoms with E-state index in [1.165, 1.54) is 17.1 Å². The van der Waals surface area contributed by atoms with Gasteiger partial charge in [-0.15, -0.1) is 0 Å². The Balaban J connectivity index is 2.16. The highest BCUT2D eigenvalue weighted by Crippen LogP contribution is 2.25. The van der Waals surface area contributed by atoms with Crippen LogP contribution in [0, 0.1) is 0 Å². The summed E-state index contributed by atoms with van der Waals surface area (Å²) in [5, 5.41) is 3.56. The lowest BCUT2D eigenvalue weighted by atomic mass is 10.0. The first-order valence-corrected chi connectivity index (χ1v) is 7.24. The molecule has 1 aromatic heterocycles. The molecule has 5 heteroatoms. The van der Waals surface area contributed by atoms with Gasteiger partial charge in [0.1, 0.15) is 6.33 Å². The maximum Gasteiger partial charge on any atom is 0.115 e. The van der Waals surface area contributed by atoms with Crippen LogP contribution >= 0.6 is 11.8 Å². The smallest absolute Gasteiger partial charge is 0.115 e. The van der Waals surface area contributed by atoms with Crippen molar-refractivity contribution in [2.75, 3.05) is 31.6 Å². The van der Waals surface area contributed by atoms with Gasteiger partial charge in [-0.25, -0.2) is 9.97 Å². The molecule has 1 N–H and O–H groups in total. The zero-order chi connectivity index (χ0) is 12.1. The molecule has 2 heterocycles. The van der Waals surface area contributed by atoms with Crippen LogP contribution in [0.4, 0.5) is 0 Å². The second-order valence-electron chi connectivity index (χ2n) is 4.33. The molecule has 0 saturated carbocycles.